The maximum absolute atomic E-state index is 13.0. The van der Waals surface area contributed by atoms with Crippen molar-refractivity contribution in [1.82, 2.24) is 9.62 Å². The summed E-state index contributed by atoms with van der Waals surface area (Å²) in [5.41, 5.74) is 1.30. The normalized spacial score (nSPS) is 12.5. The third kappa shape index (κ3) is 6.11. The highest BCUT2D eigenvalue weighted by Crippen LogP contribution is 2.20. The Morgan fingerprint density at radius 3 is 2.29 bits per heavy atom. The van der Waals surface area contributed by atoms with Gasteiger partial charge in [0, 0.05) is 19.6 Å². The molecule has 2 rings (SSSR count). The van der Waals surface area contributed by atoms with Gasteiger partial charge >= 0.3 is 5.97 Å². The lowest BCUT2D eigenvalue weighted by Crippen LogP contribution is -2.35. The number of carbonyl (C=O) groups is 2. The Hall–Kier alpha value is -2.78. The highest BCUT2D eigenvalue weighted by molar-refractivity contribution is 7.89. The number of ether oxygens (including phenoxy) is 1. The Bertz CT molecular complexity index is 1030. The van der Waals surface area contributed by atoms with Crippen molar-refractivity contribution in [2.75, 3.05) is 13.1 Å². The number of nitrogens with one attached hydrogen (secondary N) is 1. The highest BCUT2D eigenvalue weighted by atomic mass is 32.2. The minimum atomic E-state index is -3.74. The zero-order chi connectivity index (χ0) is 23.2. The average molecular weight is 451 g/mol. The standard InChI is InChI=1S/C22H27FN2O5S/c1-5-25(6-2)31(28,29)19-12-7-15(3)20(13-19)22(27)30-16(4)21(26)24-14-17-8-10-18(23)11-9-17/h7-13,16H,5-6,14H2,1-4H3,(H,24,26). The monoisotopic (exact) mass is 450 g/mol. The number of hydrogen-bond acceptors (Lipinski definition) is 5. The first-order valence-electron chi connectivity index (χ1n) is 9.94. The quantitative estimate of drug-likeness (QED) is 0.593. The topological polar surface area (TPSA) is 92.8 Å². The number of esters is 1. The second kappa shape index (κ2) is 10.5. The molecule has 0 aromatic heterocycles. The Balaban J connectivity index is 2.10. The van der Waals surface area contributed by atoms with Gasteiger partial charge in [-0.05, 0) is 49.2 Å². The van der Waals surface area contributed by atoms with E-state index >= 15 is 0 Å². The molecule has 2 aromatic carbocycles. The molecule has 1 amide bonds. The zero-order valence-electron chi connectivity index (χ0n) is 18.0. The zero-order valence-corrected chi connectivity index (χ0v) is 18.8. The predicted molar refractivity (Wildman–Crippen MR) is 114 cm³/mol. The van der Waals surface area contributed by atoms with Crippen LogP contribution < -0.4 is 5.32 Å². The lowest BCUT2D eigenvalue weighted by atomic mass is 10.1. The van der Waals surface area contributed by atoms with Crippen molar-refractivity contribution < 1.29 is 27.1 Å². The van der Waals surface area contributed by atoms with Crippen molar-refractivity contribution in [2.24, 2.45) is 0 Å². The van der Waals surface area contributed by atoms with Crippen LogP contribution in [0.3, 0.4) is 0 Å². The molecule has 0 bridgehead atoms. The summed E-state index contributed by atoms with van der Waals surface area (Å²) in [6.45, 7) is 7.30. The number of benzene rings is 2. The van der Waals surface area contributed by atoms with Gasteiger partial charge in [-0.1, -0.05) is 32.0 Å². The summed E-state index contributed by atoms with van der Waals surface area (Å²) >= 11 is 0. The van der Waals surface area contributed by atoms with Gasteiger partial charge in [0.1, 0.15) is 5.82 Å². The van der Waals surface area contributed by atoms with E-state index in [0.717, 1.165) is 0 Å². The molecule has 0 aliphatic heterocycles. The van der Waals surface area contributed by atoms with E-state index in [1.54, 1.807) is 20.8 Å². The smallest absolute Gasteiger partial charge is 0.339 e. The van der Waals surface area contributed by atoms with E-state index in [-0.39, 0.29) is 22.8 Å². The molecule has 0 heterocycles. The third-order valence-corrected chi connectivity index (χ3v) is 6.85. The molecule has 0 aliphatic rings. The van der Waals surface area contributed by atoms with Crippen LogP contribution >= 0.6 is 0 Å². The first kappa shape index (κ1) is 24.5. The van der Waals surface area contributed by atoms with Crippen LogP contribution in [0.5, 0.6) is 0 Å². The van der Waals surface area contributed by atoms with Crippen molar-refractivity contribution in [3.8, 4) is 0 Å². The van der Waals surface area contributed by atoms with Gasteiger partial charge in [0.15, 0.2) is 6.10 Å². The second-order valence-corrected chi connectivity index (χ2v) is 8.90. The Morgan fingerprint density at radius 2 is 1.71 bits per heavy atom. The van der Waals surface area contributed by atoms with Crippen molar-refractivity contribution in [1.29, 1.82) is 0 Å². The fourth-order valence-corrected chi connectivity index (χ4v) is 4.39. The molecule has 2 aromatic rings. The molecule has 9 heteroatoms. The summed E-state index contributed by atoms with van der Waals surface area (Å²) in [5.74, 6) is -1.70. The van der Waals surface area contributed by atoms with Crippen LogP contribution in [0.15, 0.2) is 47.4 Å². The Labute approximate surface area is 182 Å². The van der Waals surface area contributed by atoms with E-state index in [4.69, 9.17) is 4.74 Å². The van der Waals surface area contributed by atoms with E-state index < -0.39 is 28.0 Å². The van der Waals surface area contributed by atoms with Crippen LogP contribution in [0.25, 0.3) is 0 Å². The molecule has 1 N–H and O–H groups in total. The van der Waals surface area contributed by atoms with E-state index in [2.05, 4.69) is 5.32 Å². The number of sulfonamides is 1. The van der Waals surface area contributed by atoms with Crippen LogP contribution in [0, 0.1) is 12.7 Å². The lowest BCUT2D eigenvalue weighted by molar-refractivity contribution is -0.129. The summed E-state index contributed by atoms with van der Waals surface area (Å²) < 4.78 is 45.0. The van der Waals surface area contributed by atoms with Crippen LogP contribution in [0.1, 0.15) is 42.3 Å². The molecule has 0 saturated carbocycles. The average Bonchev–Trinajstić information content (AvgIpc) is 2.73. The first-order chi connectivity index (χ1) is 14.6. The summed E-state index contributed by atoms with van der Waals surface area (Å²) in [5, 5.41) is 2.61. The molecule has 0 fully saturated rings. The number of amides is 1. The molecule has 0 radical (unpaired) electrons. The maximum atomic E-state index is 13.0. The molecule has 1 unspecified atom stereocenters. The summed E-state index contributed by atoms with van der Waals surface area (Å²) in [7, 11) is -3.74. The third-order valence-electron chi connectivity index (χ3n) is 4.81. The fourth-order valence-electron chi connectivity index (χ4n) is 2.91. The van der Waals surface area contributed by atoms with Gasteiger partial charge in [-0.25, -0.2) is 17.6 Å². The molecule has 0 aliphatic carbocycles. The largest absolute Gasteiger partial charge is 0.449 e. The van der Waals surface area contributed by atoms with Crippen LogP contribution in [0.4, 0.5) is 4.39 Å². The fraction of sp³-hybridized carbons (Fsp3) is 0.364. The number of nitrogens with zero attached hydrogens (tertiary/aromatic N) is 1. The Kier molecular flexibility index (Phi) is 8.29. The number of rotatable bonds is 9. The minimum absolute atomic E-state index is 0.0119. The van der Waals surface area contributed by atoms with Crippen LogP contribution in [-0.4, -0.2) is 43.8 Å². The number of halogens is 1. The molecule has 0 spiro atoms. The van der Waals surface area contributed by atoms with Gasteiger partial charge in [-0.15, -0.1) is 0 Å². The van der Waals surface area contributed by atoms with E-state index in [1.807, 2.05) is 0 Å². The maximum Gasteiger partial charge on any atom is 0.339 e. The first-order valence-corrected chi connectivity index (χ1v) is 11.4. The van der Waals surface area contributed by atoms with Gasteiger partial charge in [-0.2, -0.15) is 4.31 Å². The van der Waals surface area contributed by atoms with Gasteiger partial charge in [0.05, 0.1) is 10.5 Å². The molecule has 1 atom stereocenters. The SMILES string of the molecule is CCN(CC)S(=O)(=O)c1ccc(C)c(C(=O)OC(C)C(=O)NCc2ccc(F)cc2)c1. The van der Waals surface area contributed by atoms with E-state index in [9.17, 15) is 22.4 Å². The van der Waals surface area contributed by atoms with Crippen molar-refractivity contribution >= 4 is 21.9 Å². The van der Waals surface area contributed by atoms with Gasteiger partial charge < -0.3 is 10.1 Å². The predicted octanol–water partition coefficient (Wildman–Crippen LogP) is 3.03. The number of hydrogen-bond donors (Lipinski definition) is 1. The van der Waals surface area contributed by atoms with E-state index in [1.165, 1.54) is 53.7 Å². The molecule has 7 nitrogen and oxygen atoms in total. The highest BCUT2D eigenvalue weighted by Gasteiger charge is 2.25. The van der Waals surface area contributed by atoms with Crippen LogP contribution in [-0.2, 0) is 26.1 Å². The van der Waals surface area contributed by atoms with E-state index in [0.29, 0.717) is 24.2 Å². The molecule has 168 valence electrons. The lowest BCUT2D eigenvalue weighted by Gasteiger charge is -2.19. The van der Waals surface area contributed by atoms with Gasteiger partial charge in [0.25, 0.3) is 5.91 Å². The molecule has 31 heavy (non-hydrogen) atoms. The Morgan fingerprint density at radius 1 is 1.10 bits per heavy atom. The molecular weight excluding hydrogens is 423 g/mol. The van der Waals surface area contributed by atoms with Crippen molar-refractivity contribution in [3.63, 3.8) is 0 Å². The van der Waals surface area contributed by atoms with Crippen molar-refractivity contribution in [2.45, 2.75) is 45.2 Å². The molecular formula is C22H27FN2O5S. The summed E-state index contributed by atoms with van der Waals surface area (Å²) in [6, 6.07) is 9.90. The van der Waals surface area contributed by atoms with Crippen LogP contribution in [0.2, 0.25) is 0 Å². The number of carbonyl (C=O) groups excluding carboxylic acids is 2. The van der Waals surface area contributed by atoms with Gasteiger partial charge in [0.2, 0.25) is 10.0 Å². The molecule has 0 saturated heterocycles. The minimum Gasteiger partial charge on any atom is -0.449 e. The summed E-state index contributed by atoms with van der Waals surface area (Å²) in [4.78, 5) is 24.9. The van der Waals surface area contributed by atoms with Crippen molar-refractivity contribution in [3.05, 3.63) is 65.0 Å². The summed E-state index contributed by atoms with van der Waals surface area (Å²) in [6.07, 6.45) is -1.10. The number of aryl methyl sites for hydroxylation is 1. The second-order valence-electron chi connectivity index (χ2n) is 6.96. The van der Waals surface area contributed by atoms with Gasteiger partial charge in [-0.3, -0.25) is 4.79 Å².